The van der Waals surface area contributed by atoms with E-state index in [4.69, 9.17) is 0 Å². The van der Waals surface area contributed by atoms with Crippen LogP contribution in [0.2, 0.25) is 0 Å². The molecule has 1 heterocycles. The van der Waals surface area contributed by atoms with Gasteiger partial charge in [-0.2, -0.15) is 14.4 Å². The number of hydrazone groups is 1. The summed E-state index contributed by atoms with van der Waals surface area (Å²) in [6.07, 6.45) is 1.38. The average Bonchev–Trinajstić information content (AvgIpc) is 3.28. The maximum absolute atomic E-state index is 13.7. The molecule has 4 rings (SSSR count). The third kappa shape index (κ3) is 5.32. The van der Waals surface area contributed by atoms with Crippen LogP contribution in [0.4, 0.5) is 13.9 Å². The average molecular weight is 529 g/mol. The molecule has 3 aromatic carbocycles. The monoisotopic (exact) mass is 528 g/mol. The fraction of sp³-hybridized carbons (Fsp3) is 0.160. The van der Waals surface area contributed by atoms with Gasteiger partial charge in [-0.1, -0.05) is 37.3 Å². The van der Waals surface area contributed by atoms with Crippen LogP contribution in [0.15, 0.2) is 76.7 Å². The van der Waals surface area contributed by atoms with Crippen molar-refractivity contribution >= 4 is 48.8 Å². The van der Waals surface area contributed by atoms with Gasteiger partial charge in [-0.3, -0.25) is 4.79 Å². The minimum Gasteiger partial charge on any atom is -0.267 e. The fourth-order valence-corrected chi connectivity index (χ4v) is 5.85. The zero-order valence-corrected chi connectivity index (χ0v) is 21.1. The number of rotatable bonds is 8. The summed E-state index contributed by atoms with van der Waals surface area (Å²) in [5, 5.41) is 5.53. The predicted octanol–water partition coefficient (Wildman–Crippen LogP) is 5.29. The van der Waals surface area contributed by atoms with Crippen LogP contribution in [0.25, 0.3) is 10.2 Å². The Bertz CT molecular complexity index is 1520. The van der Waals surface area contributed by atoms with Crippen molar-refractivity contribution in [2.24, 2.45) is 5.10 Å². The van der Waals surface area contributed by atoms with Gasteiger partial charge in [-0.05, 0) is 60.2 Å². The highest BCUT2D eigenvalue weighted by molar-refractivity contribution is 7.89. The molecule has 186 valence electrons. The fourth-order valence-electron chi connectivity index (χ4n) is 3.44. The van der Waals surface area contributed by atoms with Crippen molar-refractivity contribution in [3.63, 3.8) is 0 Å². The SMILES string of the molecule is CCN(CC)S(=O)(=O)c1ccc(C(=O)N(/N=C/c2ccc(F)cc2)c2nc3ccc(F)cc3s2)cc1. The number of anilines is 1. The number of nitrogens with zero attached hydrogens (tertiary/aromatic N) is 4. The molecule has 0 aliphatic heterocycles. The third-order valence-electron chi connectivity index (χ3n) is 5.35. The molecule has 0 aliphatic carbocycles. The van der Waals surface area contributed by atoms with Crippen molar-refractivity contribution in [2.45, 2.75) is 18.7 Å². The molecule has 0 radical (unpaired) electrons. The molecule has 1 aromatic heterocycles. The Hall–Kier alpha value is -3.54. The summed E-state index contributed by atoms with van der Waals surface area (Å²) in [6, 6.07) is 15.2. The molecule has 11 heteroatoms. The molecule has 0 aliphatic rings. The topological polar surface area (TPSA) is 82.9 Å². The van der Waals surface area contributed by atoms with Crippen LogP contribution in [0.5, 0.6) is 0 Å². The summed E-state index contributed by atoms with van der Waals surface area (Å²) in [6.45, 7) is 4.15. The van der Waals surface area contributed by atoms with Gasteiger partial charge in [-0.25, -0.2) is 22.2 Å². The van der Waals surface area contributed by atoms with E-state index < -0.39 is 27.6 Å². The van der Waals surface area contributed by atoms with Crippen molar-refractivity contribution in [3.05, 3.63) is 89.5 Å². The van der Waals surface area contributed by atoms with Crippen molar-refractivity contribution in [2.75, 3.05) is 18.1 Å². The molecule has 0 saturated heterocycles. The lowest BCUT2D eigenvalue weighted by molar-refractivity contribution is 0.0987. The number of benzene rings is 3. The predicted molar refractivity (Wildman–Crippen MR) is 137 cm³/mol. The molecular weight excluding hydrogens is 506 g/mol. The van der Waals surface area contributed by atoms with Crippen LogP contribution < -0.4 is 5.01 Å². The Morgan fingerprint density at radius 1 is 0.972 bits per heavy atom. The van der Waals surface area contributed by atoms with Gasteiger partial charge in [-0.15, -0.1) is 0 Å². The quantitative estimate of drug-likeness (QED) is 0.230. The van der Waals surface area contributed by atoms with Gasteiger partial charge in [0.25, 0.3) is 5.91 Å². The van der Waals surface area contributed by atoms with Crippen molar-refractivity contribution < 1.29 is 22.0 Å². The lowest BCUT2D eigenvalue weighted by Gasteiger charge is -2.19. The Morgan fingerprint density at radius 2 is 1.61 bits per heavy atom. The minimum atomic E-state index is -3.68. The van der Waals surface area contributed by atoms with E-state index in [1.165, 1.54) is 77.2 Å². The number of sulfonamides is 1. The molecule has 0 saturated carbocycles. The second kappa shape index (κ2) is 10.6. The first-order valence-corrected chi connectivity index (χ1v) is 13.3. The van der Waals surface area contributed by atoms with Crippen LogP contribution in [-0.4, -0.2) is 42.9 Å². The number of fused-ring (bicyclic) bond motifs is 1. The number of thiazole rings is 1. The summed E-state index contributed by atoms with van der Waals surface area (Å²) in [4.78, 5) is 17.9. The molecular formula is C25H22F2N4O3S2. The van der Waals surface area contributed by atoms with E-state index in [0.29, 0.717) is 28.9 Å². The van der Waals surface area contributed by atoms with Crippen LogP contribution >= 0.6 is 11.3 Å². The summed E-state index contributed by atoms with van der Waals surface area (Å²) in [5.74, 6) is -1.41. The lowest BCUT2D eigenvalue weighted by Crippen LogP contribution is -2.30. The summed E-state index contributed by atoms with van der Waals surface area (Å²) >= 11 is 1.08. The third-order valence-corrected chi connectivity index (χ3v) is 8.41. The number of aromatic nitrogens is 1. The number of hydrogen-bond acceptors (Lipinski definition) is 6. The largest absolute Gasteiger partial charge is 0.280 e. The van der Waals surface area contributed by atoms with E-state index >= 15 is 0 Å². The number of amides is 1. The van der Waals surface area contributed by atoms with Gasteiger partial charge < -0.3 is 0 Å². The Morgan fingerprint density at radius 3 is 2.25 bits per heavy atom. The first-order chi connectivity index (χ1) is 17.2. The summed E-state index contributed by atoms with van der Waals surface area (Å²) in [7, 11) is -3.68. The zero-order chi connectivity index (χ0) is 25.9. The normalized spacial score (nSPS) is 12.0. The maximum Gasteiger partial charge on any atom is 0.280 e. The van der Waals surface area contributed by atoms with Crippen molar-refractivity contribution in [3.8, 4) is 0 Å². The number of hydrogen-bond donors (Lipinski definition) is 0. The minimum absolute atomic E-state index is 0.0691. The van der Waals surface area contributed by atoms with Crippen LogP contribution in [-0.2, 0) is 10.0 Å². The Labute approximate surface area is 211 Å². The van der Waals surface area contributed by atoms with E-state index in [1.54, 1.807) is 13.8 Å². The van der Waals surface area contributed by atoms with Crippen LogP contribution in [0.3, 0.4) is 0 Å². The Kier molecular flexibility index (Phi) is 7.53. The molecule has 0 fully saturated rings. The van der Waals surface area contributed by atoms with Crippen LogP contribution in [0.1, 0.15) is 29.8 Å². The van der Waals surface area contributed by atoms with Gasteiger partial charge in [0.1, 0.15) is 11.6 Å². The highest BCUT2D eigenvalue weighted by Crippen LogP contribution is 2.31. The molecule has 0 bridgehead atoms. The van der Waals surface area contributed by atoms with E-state index in [2.05, 4.69) is 10.1 Å². The lowest BCUT2D eigenvalue weighted by atomic mass is 10.2. The van der Waals surface area contributed by atoms with E-state index in [1.807, 2.05) is 0 Å². The summed E-state index contributed by atoms with van der Waals surface area (Å²) in [5.41, 5.74) is 1.21. The molecule has 36 heavy (non-hydrogen) atoms. The smallest absolute Gasteiger partial charge is 0.267 e. The maximum atomic E-state index is 13.7. The molecule has 7 nitrogen and oxygen atoms in total. The number of carbonyl (C=O) groups excluding carboxylic acids is 1. The van der Waals surface area contributed by atoms with Gasteiger partial charge in [0.2, 0.25) is 15.2 Å². The van der Waals surface area contributed by atoms with Gasteiger partial charge in [0.05, 0.1) is 21.3 Å². The second-order valence-electron chi connectivity index (χ2n) is 7.64. The molecule has 4 aromatic rings. The van der Waals surface area contributed by atoms with Crippen LogP contribution in [0, 0.1) is 11.6 Å². The first kappa shape index (κ1) is 25.5. The molecule has 0 atom stereocenters. The van der Waals surface area contributed by atoms with Gasteiger partial charge in [0, 0.05) is 18.7 Å². The number of halogens is 2. The second-order valence-corrected chi connectivity index (χ2v) is 10.6. The standard InChI is InChI=1S/C25H22F2N4O3S2/c1-3-30(4-2)36(33,34)21-12-7-18(8-13-21)24(32)31(28-16-17-5-9-19(26)10-6-17)25-29-22-14-11-20(27)15-23(22)35-25/h5-16H,3-4H2,1-2H3/b28-16+. The van der Waals surface area contributed by atoms with Gasteiger partial charge >= 0.3 is 0 Å². The van der Waals surface area contributed by atoms with Crippen molar-refractivity contribution in [1.82, 2.24) is 9.29 Å². The van der Waals surface area contributed by atoms with E-state index in [-0.39, 0.29) is 15.6 Å². The summed E-state index contributed by atoms with van der Waals surface area (Å²) < 4.78 is 54.4. The number of carbonyl (C=O) groups is 1. The highest BCUT2D eigenvalue weighted by atomic mass is 32.2. The molecule has 0 spiro atoms. The van der Waals surface area contributed by atoms with E-state index in [0.717, 1.165) is 16.3 Å². The van der Waals surface area contributed by atoms with Gasteiger partial charge in [0.15, 0.2) is 0 Å². The molecule has 0 N–H and O–H groups in total. The van der Waals surface area contributed by atoms with Crippen molar-refractivity contribution in [1.29, 1.82) is 0 Å². The first-order valence-electron chi connectivity index (χ1n) is 11.0. The highest BCUT2D eigenvalue weighted by Gasteiger charge is 2.24. The molecule has 1 amide bonds. The zero-order valence-electron chi connectivity index (χ0n) is 19.4. The Balaban J connectivity index is 1.71. The van der Waals surface area contributed by atoms with E-state index in [9.17, 15) is 22.0 Å². The molecule has 0 unspecified atom stereocenters.